The van der Waals surface area contributed by atoms with Crippen LogP contribution in [0.2, 0.25) is 0 Å². The van der Waals surface area contributed by atoms with Gasteiger partial charge in [0.1, 0.15) is 0 Å². The highest BCUT2D eigenvalue weighted by Gasteiger charge is 2.21. The molecule has 2 rings (SSSR count). The number of rotatable bonds is 12. The number of benzene rings is 1. The molecule has 1 atom stereocenters. The summed E-state index contributed by atoms with van der Waals surface area (Å²) in [6, 6.07) is 4.96. The summed E-state index contributed by atoms with van der Waals surface area (Å²) in [4.78, 5) is 53.9. The van der Waals surface area contributed by atoms with E-state index in [-0.39, 0.29) is 24.6 Å². The maximum absolute atomic E-state index is 12.2. The molecule has 1 unspecified atom stereocenters. The number of hydrogen-bond donors (Lipinski definition) is 4. The van der Waals surface area contributed by atoms with E-state index in [1.165, 1.54) is 18.2 Å². The van der Waals surface area contributed by atoms with Crippen molar-refractivity contribution >= 4 is 29.4 Å². The highest BCUT2D eigenvalue weighted by atomic mass is 16.6. The number of nitrogens with one attached hydrogen (secondary N) is 3. The number of nitro groups is 1. The molecular formula is C20H24N6O6. The van der Waals surface area contributed by atoms with Crippen LogP contribution in [0.5, 0.6) is 0 Å². The Labute approximate surface area is 183 Å². The van der Waals surface area contributed by atoms with E-state index in [0.717, 1.165) is 0 Å². The van der Waals surface area contributed by atoms with Crippen molar-refractivity contribution in [1.29, 1.82) is 0 Å². The summed E-state index contributed by atoms with van der Waals surface area (Å²) in [7, 11) is 0. The lowest BCUT2D eigenvalue weighted by atomic mass is 10.0. The van der Waals surface area contributed by atoms with Crippen LogP contribution in [0.15, 0.2) is 36.7 Å². The SMILES string of the molecule is Cc1ccc(C(CC(=O)O)NC(=O)CNC(=O)CCCNc2ncccn2)cc1[N+](=O)[O-]. The monoisotopic (exact) mass is 444 g/mol. The van der Waals surface area contributed by atoms with Crippen LogP contribution in [-0.4, -0.2) is 50.9 Å². The molecule has 1 aromatic heterocycles. The van der Waals surface area contributed by atoms with Gasteiger partial charge in [-0.1, -0.05) is 12.1 Å². The molecule has 1 aromatic carbocycles. The number of aryl methyl sites for hydroxylation is 1. The molecule has 0 aliphatic rings. The minimum Gasteiger partial charge on any atom is -0.481 e. The van der Waals surface area contributed by atoms with Crippen molar-refractivity contribution in [1.82, 2.24) is 20.6 Å². The molecule has 0 fully saturated rings. The quantitative estimate of drug-likeness (QED) is 0.214. The minimum atomic E-state index is -1.18. The first-order valence-corrected chi connectivity index (χ1v) is 9.80. The molecule has 0 saturated heterocycles. The van der Waals surface area contributed by atoms with Crippen molar-refractivity contribution in [2.45, 2.75) is 32.2 Å². The Morgan fingerprint density at radius 3 is 2.56 bits per heavy atom. The van der Waals surface area contributed by atoms with E-state index in [1.54, 1.807) is 25.4 Å². The lowest BCUT2D eigenvalue weighted by molar-refractivity contribution is -0.385. The second-order valence-corrected chi connectivity index (χ2v) is 6.90. The number of nitrogens with zero attached hydrogens (tertiary/aromatic N) is 3. The minimum absolute atomic E-state index is 0.163. The first-order valence-electron chi connectivity index (χ1n) is 9.80. The number of aliphatic carboxylic acids is 1. The van der Waals surface area contributed by atoms with Crippen LogP contribution >= 0.6 is 0 Å². The zero-order valence-corrected chi connectivity index (χ0v) is 17.4. The van der Waals surface area contributed by atoms with Gasteiger partial charge in [-0.25, -0.2) is 9.97 Å². The van der Waals surface area contributed by atoms with E-state index in [2.05, 4.69) is 25.9 Å². The Kier molecular flexibility index (Phi) is 9.02. The zero-order valence-electron chi connectivity index (χ0n) is 17.4. The van der Waals surface area contributed by atoms with E-state index in [1.807, 2.05) is 0 Å². The third kappa shape index (κ3) is 7.97. The molecular weight excluding hydrogens is 420 g/mol. The number of anilines is 1. The van der Waals surface area contributed by atoms with E-state index in [0.29, 0.717) is 30.0 Å². The van der Waals surface area contributed by atoms with E-state index in [9.17, 15) is 24.5 Å². The summed E-state index contributed by atoms with van der Waals surface area (Å²) in [6.45, 7) is 1.68. The summed E-state index contributed by atoms with van der Waals surface area (Å²) in [5, 5.41) is 28.2. The first-order chi connectivity index (χ1) is 15.3. The lowest BCUT2D eigenvalue weighted by Gasteiger charge is -2.18. The Hall–Kier alpha value is -4.09. The van der Waals surface area contributed by atoms with Crippen LogP contribution in [0, 0.1) is 17.0 Å². The lowest BCUT2D eigenvalue weighted by Crippen LogP contribution is -2.39. The Morgan fingerprint density at radius 1 is 1.19 bits per heavy atom. The standard InChI is InChI=1S/C20H24N6O6/c1-13-5-6-14(10-16(13)26(31)32)15(11-19(29)30)25-18(28)12-24-17(27)4-2-7-21-20-22-8-3-9-23-20/h3,5-6,8-10,15H,2,4,7,11-12H2,1H3,(H,24,27)(H,25,28)(H,29,30)(H,21,22,23). The third-order valence-electron chi connectivity index (χ3n) is 4.42. The largest absolute Gasteiger partial charge is 0.481 e. The Morgan fingerprint density at radius 2 is 1.91 bits per heavy atom. The molecule has 0 radical (unpaired) electrons. The predicted octanol–water partition coefficient (Wildman–Crippen LogP) is 1.33. The van der Waals surface area contributed by atoms with Gasteiger partial charge in [-0.3, -0.25) is 24.5 Å². The first kappa shape index (κ1) is 24.2. The number of nitro benzene ring substituents is 1. The molecule has 0 aliphatic carbocycles. The molecule has 2 amide bonds. The Bertz CT molecular complexity index is 968. The number of hydrogen-bond acceptors (Lipinski definition) is 8. The smallest absolute Gasteiger partial charge is 0.305 e. The molecule has 0 aliphatic heterocycles. The van der Waals surface area contributed by atoms with Crippen LogP contribution in [0.3, 0.4) is 0 Å². The van der Waals surface area contributed by atoms with Gasteiger partial charge in [0.15, 0.2) is 0 Å². The van der Waals surface area contributed by atoms with Gasteiger partial charge in [0.2, 0.25) is 17.8 Å². The molecule has 0 spiro atoms. The second kappa shape index (κ2) is 11.9. The number of carbonyl (C=O) groups excluding carboxylic acids is 2. The fourth-order valence-corrected chi connectivity index (χ4v) is 2.82. The maximum Gasteiger partial charge on any atom is 0.305 e. The summed E-state index contributed by atoms with van der Waals surface area (Å²) < 4.78 is 0. The molecule has 4 N–H and O–H groups in total. The van der Waals surface area contributed by atoms with Gasteiger partial charge in [-0.15, -0.1) is 0 Å². The highest BCUT2D eigenvalue weighted by molar-refractivity contribution is 5.85. The van der Waals surface area contributed by atoms with Gasteiger partial charge in [0, 0.05) is 37.0 Å². The van der Waals surface area contributed by atoms with Crippen LogP contribution in [0.25, 0.3) is 0 Å². The van der Waals surface area contributed by atoms with Crippen LogP contribution in [-0.2, 0) is 14.4 Å². The Balaban J connectivity index is 1.84. The predicted molar refractivity (Wildman–Crippen MR) is 114 cm³/mol. The summed E-state index contributed by atoms with van der Waals surface area (Å²) in [5.41, 5.74) is 0.535. The number of aromatic nitrogens is 2. The van der Waals surface area contributed by atoms with Crippen LogP contribution in [0.1, 0.15) is 36.4 Å². The molecule has 170 valence electrons. The van der Waals surface area contributed by atoms with Crippen molar-refractivity contribution in [2.24, 2.45) is 0 Å². The number of carboxylic acid groups (broad SMARTS) is 1. The average Bonchev–Trinajstić information content (AvgIpc) is 2.75. The van der Waals surface area contributed by atoms with Crippen molar-refractivity contribution in [3.63, 3.8) is 0 Å². The molecule has 0 bridgehead atoms. The normalized spacial score (nSPS) is 11.3. The van der Waals surface area contributed by atoms with Gasteiger partial charge in [0.05, 0.1) is 23.9 Å². The second-order valence-electron chi connectivity index (χ2n) is 6.90. The highest BCUT2D eigenvalue weighted by Crippen LogP contribution is 2.25. The van der Waals surface area contributed by atoms with Crippen molar-refractivity contribution < 1.29 is 24.4 Å². The number of carboxylic acids is 1. The van der Waals surface area contributed by atoms with E-state index >= 15 is 0 Å². The molecule has 2 aromatic rings. The van der Waals surface area contributed by atoms with E-state index in [4.69, 9.17) is 5.11 Å². The van der Waals surface area contributed by atoms with Crippen molar-refractivity contribution in [3.05, 3.63) is 57.9 Å². The van der Waals surface area contributed by atoms with Gasteiger partial charge in [-0.2, -0.15) is 0 Å². The summed E-state index contributed by atoms with van der Waals surface area (Å²) in [6.07, 6.45) is 3.36. The van der Waals surface area contributed by atoms with Gasteiger partial charge in [-0.05, 0) is 25.0 Å². The van der Waals surface area contributed by atoms with E-state index < -0.39 is 29.3 Å². The fraction of sp³-hybridized carbons (Fsp3) is 0.350. The molecule has 1 heterocycles. The maximum atomic E-state index is 12.2. The van der Waals surface area contributed by atoms with Crippen LogP contribution in [0.4, 0.5) is 11.6 Å². The van der Waals surface area contributed by atoms with Gasteiger partial charge in [0.25, 0.3) is 5.69 Å². The van der Waals surface area contributed by atoms with Gasteiger partial charge >= 0.3 is 5.97 Å². The number of amides is 2. The average molecular weight is 444 g/mol. The van der Waals surface area contributed by atoms with Crippen LogP contribution < -0.4 is 16.0 Å². The molecule has 32 heavy (non-hydrogen) atoms. The topological polar surface area (TPSA) is 176 Å². The van der Waals surface area contributed by atoms with Gasteiger partial charge < -0.3 is 21.1 Å². The molecule has 12 nitrogen and oxygen atoms in total. The summed E-state index contributed by atoms with van der Waals surface area (Å²) in [5.74, 6) is -1.69. The zero-order chi connectivity index (χ0) is 23.5. The van der Waals surface area contributed by atoms with Crippen molar-refractivity contribution in [3.8, 4) is 0 Å². The number of carbonyl (C=O) groups is 3. The summed E-state index contributed by atoms with van der Waals surface area (Å²) >= 11 is 0. The third-order valence-corrected chi connectivity index (χ3v) is 4.42. The van der Waals surface area contributed by atoms with Crippen molar-refractivity contribution in [2.75, 3.05) is 18.4 Å². The molecule has 12 heteroatoms. The molecule has 0 saturated carbocycles. The fourth-order valence-electron chi connectivity index (χ4n) is 2.82.